The first-order valence-corrected chi connectivity index (χ1v) is 12.0. The SMILES string of the molecule is CC1CCCCN1C(=O)CS(=O)(=O)CC(=O)N=c1sc2cc(Cl)ccc2n1C. The molecule has 0 radical (unpaired) electrons. The van der Waals surface area contributed by atoms with Gasteiger partial charge < -0.3 is 9.47 Å². The maximum atomic E-state index is 12.4. The van der Waals surface area contributed by atoms with Gasteiger partial charge in [-0.05, 0) is 44.4 Å². The number of piperidine rings is 1. The van der Waals surface area contributed by atoms with E-state index in [2.05, 4.69) is 4.99 Å². The van der Waals surface area contributed by atoms with E-state index in [0.717, 1.165) is 29.5 Å². The Bertz CT molecular complexity index is 1090. The summed E-state index contributed by atoms with van der Waals surface area (Å²) in [6.45, 7) is 2.48. The molecular weight excluding hydrogens is 422 g/mol. The number of carbonyl (C=O) groups is 2. The maximum absolute atomic E-state index is 12.4. The van der Waals surface area contributed by atoms with Gasteiger partial charge in [0, 0.05) is 24.7 Å². The molecule has 0 bridgehead atoms. The Morgan fingerprint density at radius 3 is 2.75 bits per heavy atom. The zero-order valence-electron chi connectivity index (χ0n) is 15.7. The van der Waals surface area contributed by atoms with E-state index in [-0.39, 0.29) is 6.04 Å². The molecule has 1 unspecified atom stereocenters. The van der Waals surface area contributed by atoms with Gasteiger partial charge in [-0.1, -0.05) is 22.9 Å². The zero-order chi connectivity index (χ0) is 20.5. The van der Waals surface area contributed by atoms with Gasteiger partial charge in [-0.2, -0.15) is 4.99 Å². The van der Waals surface area contributed by atoms with Crippen molar-refractivity contribution in [1.29, 1.82) is 0 Å². The van der Waals surface area contributed by atoms with Crippen LogP contribution in [0.5, 0.6) is 0 Å². The van der Waals surface area contributed by atoms with E-state index >= 15 is 0 Å². The molecule has 2 amide bonds. The molecule has 0 saturated carbocycles. The molecule has 2 aromatic rings. The number of rotatable bonds is 4. The second-order valence-corrected chi connectivity index (χ2v) is 10.5. The minimum absolute atomic E-state index is 0.0289. The Labute approximate surface area is 172 Å². The summed E-state index contributed by atoms with van der Waals surface area (Å²) in [5.41, 5.74) is 0.845. The summed E-state index contributed by atoms with van der Waals surface area (Å²) >= 11 is 7.23. The second-order valence-electron chi connectivity index (χ2n) is 7.03. The Hall–Kier alpha value is -1.71. The Morgan fingerprint density at radius 1 is 1.29 bits per heavy atom. The van der Waals surface area contributed by atoms with Crippen molar-refractivity contribution in [3.63, 3.8) is 0 Å². The summed E-state index contributed by atoms with van der Waals surface area (Å²) < 4.78 is 27.2. The van der Waals surface area contributed by atoms with E-state index in [9.17, 15) is 18.0 Å². The molecule has 0 N–H and O–H groups in total. The summed E-state index contributed by atoms with van der Waals surface area (Å²) in [5.74, 6) is -2.67. The van der Waals surface area contributed by atoms with E-state index in [1.54, 1.807) is 28.6 Å². The molecule has 152 valence electrons. The predicted octanol–water partition coefficient (Wildman–Crippen LogP) is 2.14. The number of hydrogen-bond acceptors (Lipinski definition) is 5. The Kier molecular flexibility index (Phi) is 6.26. The number of carbonyl (C=O) groups excluding carboxylic acids is 2. The third-order valence-corrected chi connectivity index (χ3v) is 7.51. The van der Waals surface area contributed by atoms with Crippen LogP contribution in [-0.2, 0) is 26.5 Å². The van der Waals surface area contributed by atoms with Gasteiger partial charge in [0.25, 0.3) is 5.91 Å². The van der Waals surface area contributed by atoms with Gasteiger partial charge in [0.15, 0.2) is 14.6 Å². The number of amides is 2. The minimum atomic E-state index is -3.88. The average Bonchev–Trinajstić information content (AvgIpc) is 2.89. The topological polar surface area (TPSA) is 88.8 Å². The van der Waals surface area contributed by atoms with Crippen LogP contribution in [0, 0.1) is 0 Å². The van der Waals surface area contributed by atoms with Crippen molar-refractivity contribution in [3.8, 4) is 0 Å². The predicted molar refractivity (Wildman–Crippen MR) is 110 cm³/mol. The van der Waals surface area contributed by atoms with Crippen LogP contribution in [0.25, 0.3) is 10.2 Å². The van der Waals surface area contributed by atoms with Crippen molar-refractivity contribution < 1.29 is 18.0 Å². The van der Waals surface area contributed by atoms with Crippen molar-refractivity contribution in [1.82, 2.24) is 9.47 Å². The van der Waals surface area contributed by atoms with Crippen molar-refractivity contribution in [3.05, 3.63) is 28.0 Å². The molecule has 0 aliphatic carbocycles. The van der Waals surface area contributed by atoms with E-state index < -0.39 is 33.2 Å². The van der Waals surface area contributed by atoms with Crippen LogP contribution >= 0.6 is 22.9 Å². The fourth-order valence-electron chi connectivity index (χ4n) is 3.33. The van der Waals surface area contributed by atoms with Gasteiger partial charge in [-0.25, -0.2) is 8.42 Å². The number of likely N-dealkylation sites (tertiary alicyclic amines) is 1. The third kappa shape index (κ3) is 4.82. The fourth-order valence-corrected chi connectivity index (χ4v) is 5.73. The standard InChI is InChI=1S/C18H22ClN3O4S2/c1-12-5-3-4-8-22(12)17(24)11-28(25,26)10-16(23)20-18-21(2)14-7-6-13(19)9-15(14)27-18/h6-7,9,12H,3-5,8,10-11H2,1-2H3. The van der Waals surface area contributed by atoms with Crippen molar-refractivity contribution in [2.24, 2.45) is 12.0 Å². The molecule has 1 aliphatic heterocycles. The molecule has 0 spiro atoms. The maximum Gasteiger partial charge on any atom is 0.263 e. The molecule has 7 nitrogen and oxygen atoms in total. The van der Waals surface area contributed by atoms with Gasteiger partial charge in [0.05, 0.1) is 10.2 Å². The summed E-state index contributed by atoms with van der Waals surface area (Å²) in [6, 6.07) is 5.34. The number of nitrogens with zero attached hydrogens (tertiary/aromatic N) is 3. The molecule has 28 heavy (non-hydrogen) atoms. The third-order valence-electron chi connectivity index (χ3n) is 4.80. The normalized spacial score (nSPS) is 18.6. The van der Waals surface area contributed by atoms with Gasteiger partial charge in [0.1, 0.15) is 11.5 Å². The van der Waals surface area contributed by atoms with Crippen LogP contribution in [0.4, 0.5) is 0 Å². The number of benzene rings is 1. The summed E-state index contributed by atoms with van der Waals surface area (Å²) in [4.78, 5) is 30.5. The molecular formula is C18H22ClN3O4S2. The summed E-state index contributed by atoms with van der Waals surface area (Å²) in [5, 5.41) is 0.570. The van der Waals surface area contributed by atoms with E-state index in [1.807, 2.05) is 13.0 Å². The molecule has 10 heteroatoms. The molecule has 1 saturated heterocycles. The smallest absolute Gasteiger partial charge is 0.263 e. The highest BCUT2D eigenvalue weighted by atomic mass is 35.5. The lowest BCUT2D eigenvalue weighted by Gasteiger charge is -2.33. The molecule has 2 heterocycles. The highest BCUT2D eigenvalue weighted by Gasteiger charge is 2.28. The molecule has 1 fully saturated rings. The molecule has 1 aliphatic rings. The summed E-state index contributed by atoms with van der Waals surface area (Å²) in [6.07, 6.45) is 2.77. The first kappa shape index (κ1) is 21.0. The highest BCUT2D eigenvalue weighted by molar-refractivity contribution is 7.92. The van der Waals surface area contributed by atoms with Gasteiger partial charge in [0.2, 0.25) is 5.91 Å². The van der Waals surface area contributed by atoms with Crippen molar-refractivity contribution in [2.75, 3.05) is 18.1 Å². The van der Waals surface area contributed by atoms with Crippen molar-refractivity contribution in [2.45, 2.75) is 32.2 Å². The Balaban J connectivity index is 1.74. The Morgan fingerprint density at radius 2 is 2.04 bits per heavy atom. The van der Waals surface area contributed by atoms with Gasteiger partial charge >= 0.3 is 0 Å². The van der Waals surface area contributed by atoms with E-state index in [0.29, 0.717) is 16.4 Å². The highest BCUT2D eigenvalue weighted by Crippen LogP contribution is 2.21. The van der Waals surface area contributed by atoms with Crippen LogP contribution in [0.1, 0.15) is 26.2 Å². The zero-order valence-corrected chi connectivity index (χ0v) is 18.1. The number of aromatic nitrogens is 1. The van der Waals surface area contributed by atoms with Crippen LogP contribution in [0.2, 0.25) is 5.02 Å². The summed E-state index contributed by atoms with van der Waals surface area (Å²) in [7, 11) is -2.14. The number of halogens is 1. The average molecular weight is 444 g/mol. The molecule has 1 atom stereocenters. The fraction of sp³-hybridized carbons (Fsp3) is 0.500. The molecule has 1 aromatic heterocycles. The van der Waals surface area contributed by atoms with Crippen LogP contribution in [0.15, 0.2) is 23.2 Å². The van der Waals surface area contributed by atoms with Gasteiger partial charge in [-0.3, -0.25) is 9.59 Å². The van der Waals surface area contributed by atoms with Crippen LogP contribution < -0.4 is 4.80 Å². The van der Waals surface area contributed by atoms with E-state index in [4.69, 9.17) is 11.6 Å². The molecule has 3 rings (SSSR count). The minimum Gasteiger partial charge on any atom is -0.339 e. The monoisotopic (exact) mass is 443 g/mol. The first-order chi connectivity index (χ1) is 13.2. The number of aryl methyl sites for hydroxylation is 1. The lowest BCUT2D eigenvalue weighted by molar-refractivity contribution is -0.131. The number of fused-ring (bicyclic) bond motifs is 1. The van der Waals surface area contributed by atoms with Gasteiger partial charge in [-0.15, -0.1) is 0 Å². The van der Waals surface area contributed by atoms with Crippen LogP contribution in [-0.4, -0.2) is 53.8 Å². The lowest BCUT2D eigenvalue weighted by Crippen LogP contribution is -2.45. The van der Waals surface area contributed by atoms with Crippen LogP contribution in [0.3, 0.4) is 0 Å². The van der Waals surface area contributed by atoms with E-state index in [1.165, 1.54) is 11.3 Å². The second kappa shape index (κ2) is 8.34. The lowest BCUT2D eigenvalue weighted by atomic mass is 10.0. The molecule has 1 aromatic carbocycles. The number of hydrogen-bond donors (Lipinski definition) is 0. The quantitative estimate of drug-likeness (QED) is 0.724. The van der Waals surface area contributed by atoms with Crippen molar-refractivity contribution >= 4 is 54.8 Å². The number of sulfone groups is 1. The number of thiazole rings is 1. The first-order valence-electron chi connectivity index (χ1n) is 8.99. The largest absolute Gasteiger partial charge is 0.339 e.